The molecule has 2 atom stereocenters. The fraction of sp³-hybridized carbons (Fsp3) is 0.667. The van der Waals surface area contributed by atoms with Gasteiger partial charge in [0.2, 0.25) is 11.8 Å². The minimum absolute atomic E-state index is 0.124. The second kappa shape index (κ2) is 5.37. The quantitative estimate of drug-likeness (QED) is 0.860. The Bertz CT molecular complexity index is 619. The molecule has 0 radical (unpaired) electrons. The summed E-state index contributed by atoms with van der Waals surface area (Å²) in [6, 6.07) is 3.77. The average Bonchev–Trinajstić information content (AvgIpc) is 2.50. The van der Waals surface area contributed by atoms with Crippen LogP contribution in [0.25, 0.3) is 0 Å². The van der Waals surface area contributed by atoms with Crippen LogP contribution in [0.4, 0.5) is 0 Å². The van der Waals surface area contributed by atoms with Gasteiger partial charge in [-0.1, -0.05) is 0 Å². The fourth-order valence-electron chi connectivity index (χ4n) is 5.46. The summed E-state index contributed by atoms with van der Waals surface area (Å²) in [7, 11) is 1.60. The average molecular weight is 335 g/mol. The van der Waals surface area contributed by atoms with Crippen LogP contribution < -0.4 is 10.1 Å². The van der Waals surface area contributed by atoms with E-state index in [1.165, 1.54) is 6.42 Å². The van der Waals surface area contributed by atoms with Gasteiger partial charge in [0.25, 0.3) is 0 Å². The Morgan fingerprint density at radius 2 is 2.13 bits per heavy atom. The number of nitrogens with zero attached hydrogens (tertiary/aromatic N) is 1. The lowest BCUT2D eigenvalue weighted by Crippen LogP contribution is -2.58. The van der Waals surface area contributed by atoms with Crippen molar-refractivity contribution in [2.75, 3.05) is 7.11 Å². The number of halogens is 1. The van der Waals surface area contributed by atoms with Crippen LogP contribution in [-0.4, -0.2) is 22.9 Å². The van der Waals surface area contributed by atoms with E-state index in [0.717, 1.165) is 37.7 Å². The molecule has 4 fully saturated rings. The molecule has 4 bridgehead atoms. The molecule has 4 nitrogen and oxygen atoms in total. The van der Waals surface area contributed by atoms with Crippen molar-refractivity contribution in [2.24, 2.45) is 17.3 Å². The number of hydrogen-bond donors (Lipinski definition) is 1. The lowest BCUT2D eigenvalue weighted by atomic mass is 9.49. The molecule has 1 heterocycles. The first-order valence-corrected chi connectivity index (χ1v) is 8.84. The van der Waals surface area contributed by atoms with Crippen molar-refractivity contribution in [3.8, 4) is 5.88 Å². The minimum atomic E-state index is -0.233. The number of pyridine rings is 1. The summed E-state index contributed by atoms with van der Waals surface area (Å²) in [6.07, 6.45) is 8.06. The Morgan fingerprint density at radius 3 is 2.78 bits per heavy atom. The van der Waals surface area contributed by atoms with E-state index in [-0.39, 0.29) is 16.2 Å². The number of carbonyl (C=O) groups excluding carboxylic acids is 1. The van der Waals surface area contributed by atoms with Crippen molar-refractivity contribution in [1.82, 2.24) is 10.3 Å². The van der Waals surface area contributed by atoms with Crippen molar-refractivity contribution in [2.45, 2.75) is 49.9 Å². The second-order valence-corrected chi connectivity index (χ2v) is 8.58. The maximum absolute atomic E-state index is 13.0. The van der Waals surface area contributed by atoms with E-state index in [2.05, 4.69) is 10.3 Å². The van der Waals surface area contributed by atoms with Crippen LogP contribution in [-0.2, 0) is 11.3 Å². The third-order valence-electron chi connectivity index (χ3n) is 5.93. The van der Waals surface area contributed by atoms with Crippen LogP contribution in [0.5, 0.6) is 5.88 Å². The van der Waals surface area contributed by atoms with Gasteiger partial charge in [-0.15, -0.1) is 11.6 Å². The molecule has 1 aromatic heterocycles. The molecule has 2 unspecified atom stereocenters. The monoisotopic (exact) mass is 334 g/mol. The number of nitrogens with one attached hydrogen (secondary N) is 1. The molecule has 23 heavy (non-hydrogen) atoms. The third-order valence-corrected chi connectivity index (χ3v) is 6.38. The van der Waals surface area contributed by atoms with Crippen LogP contribution >= 0.6 is 11.6 Å². The third kappa shape index (κ3) is 2.71. The Morgan fingerprint density at radius 1 is 1.39 bits per heavy atom. The molecule has 4 aliphatic rings. The first kappa shape index (κ1) is 15.3. The van der Waals surface area contributed by atoms with Crippen LogP contribution in [0, 0.1) is 17.3 Å². The number of methoxy groups -OCH3 is 1. The zero-order valence-electron chi connectivity index (χ0n) is 13.5. The summed E-state index contributed by atoms with van der Waals surface area (Å²) in [5, 5.41) is 3.14. The van der Waals surface area contributed by atoms with E-state index in [1.54, 1.807) is 13.3 Å². The molecule has 1 amide bonds. The van der Waals surface area contributed by atoms with Crippen LogP contribution in [0.15, 0.2) is 18.3 Å². The zero-order valence-corrected chi connectivity index (χ0v) is 14.2. The van der Waals surface area contributed by atoms with E-state index < -0.39 is 0 Å². The zero-order chi connectivity index (χ0) is 16.1. The van der Waals surface area contributed by atoms with Crippen molar-refractivity contribution >= 4 is 17.5 Å². The molecule has 0 spiro atoms. The molecule has 5 rings (SSSR count). The number of ether oxygens (including phenoxy) is 1. The van der Waals surface area contributed by atoms with Crippen molar-refractivity contribution in [3.05, 3.63) is 23.9 Å². The first-order valence-electron chi connectivity index (χ1n) is 8.46. The summed E-state index contributed by atoms with van der Waals surface area (Å²) in [5.41, 5.74) is 0.777. The highest BCUT2D eigenvalue weighted by Crippen LogP contribution is 2.63. The van der Waals surface area contributed by atoms with Gasteiger partial charge in [0.05, 0.1) is 12.5 Å². The van der Waals surface area contributed by atoms with Gasteiger partial charge in [0.15, 0.2) is 0 Å². The number of rotatable bonds is 4. The van der Waals surface area contributed by atoms with Gasteiger partial charge >= 0.3 is 0 Å². The number of carbonyl (C=O) groups is 1. The summed E-state index contributed by atoms with van der Waals surface area (Å²) in [5.74, 6) is 2.04. The Labute approximate surface area is 142 Å². The molecule has 0 aliphatic heterocycles. The highest BCUT2D eigenvalue weighted by atomic mass is 35.5. The van der Waals surface area contributed by atoms with Gasteiger partial charge in [-0.2, -0.15) is 0 Å². The topological polar surface area (TPSA) is 51.2 Å². The number of hydrogen-bond acceptors (Lipinski definition) is 3. The van der Waals surface area contributed by atoms with Gasteiger partial charge in [0.1, 0.15) is 0 Å². The smallest absolute Gasteiger partial charge is 0.226 e. The van der Waals surface area contributed by atoms with E-state index >= 15 is 0 Å². The maximum atomic E-state index is 13.0. The highest BCUT2D eigenvalue weighted by Gasteiger charge is 2.59. The molecule has 4 aliphatic carbocycles. The molecule has 5 heteroatoms. The van der Waals surface area contributed by atoms with E-state index in [4.69, 9.17) is 16.3 Å². The normalized spacial score (nSPS) is 37.7. The molecule has 124 valence electrons. The summed E-state index contributed by atoms with van der Waals surface area (Å²) in [6.45, 7) is 0.518. The van der Waals surface area contributed by atoms with Crippen molar-refractivity contribution < 1.29 is 9.53 Å². The SMILES string of the molecule is COc1cc(CNC(=O)C23CC4CC(CC(Cl)(C4)C2)C3)ccn1. The number of amides is 1. The molecule has 4 saturated carbocycles. The number of alkyl halides is 1. The van der Waals surface area contributed by atoms with Crippen molar-refractivity contribution in [1.29, 1.82) is 0 Å². The number of aromatic nitrogens is 1. The van der Waals surface area contributed by atoms with Crippen molar-refractivity contribution in [3.63, 3.8) is 0 Å². The molecule has 0 aromatic carbocycles. The summed E-state index contributed by atoms with van der Waals surface area (Å²) >= 11 is 6.82. The lowest BCUT2D eigenvalue weighted by molar-refractivity contribution is -0.144. The molecular formula is C18H23ClN2O2. The van der Waals surface area contributed by atoms with E-state index in [9.17, 15) is 4.79 Å². The predicted molar refractivity (Wildman–Crippen MR) is 88.3 cm³/mol. The summed E-state index contributed by atoms with van der Waals surface area (Å²) in [4.78, 5) is 16.9. The van der Waals surface area contributed by atoms with Gasteiger partial charge in [-0.3, -0.25) is 4.79 Å². The molecular weight excluding hydrogens is 312 g/mol. The summed E-state index contributed by atoms with van der Waals surface area (Å²) < 4.78 is 5.13. The van der Waals surface area contributed by atoms with E-state index in [1.807, 2.05) is 12.1 Å². The highest BCUT2D eigenvalue weighted by molar-refractivity contribution is 6.24. The largest absolute Gasteiger partial charge is 0.481 e. The van der Waals surface area contributed by atoms with Crippen LogP contribution in [0.1, 0.15) is 44.1 Å². The standard InChI is InChI=1S/C18H23ClN2O2/c1-23-15-5-12(2-3-20-15)10-21-16(22)17-6-13-4-14(7-17)9-18(19,8-13)11-17/h2-3,5,13-14H,4,6-11H2,1H3,(H,21,22). The van der Waals surface area contributed by atoms with Gasteiger partial charge in [-0.05, 0) is 62.0 Å². The van der Waals surface area contributed by atoms with Gasteiger partial charge < -0.3 is 10.1 Å². The van der Waals surface area contributed by atoms with Crippen LogP contribution in [0.3, 0.4) is 0 Å². The lowest BCUT2D eigenvalue weighted by Gasteiger charge is -2.59. The Balaban J connectivity index is 1.46. The first-order chi connectivity index (χ1) is 11.0. The molecule has 1 aromatic rings. The molecule has 1 N–H and O–H groups in total. The Hall–Kier alpha value is -1.29. The predicted octanol–water partition coefficient (Wildman–Crippen LogP) is 3.28. The van der Waals surface area contributed by atoms with Crippen LogP contribution in [0.2, 0.25) is 0 Å². The fourth-order valence-corrected chi connectivity index (χ4v) is 6.15. The maximum Gasteiger partial charge on any atom is 0.226 e. The van der Waals surface area contributed by atoms with E-state index in [0.29, 0.717) is 24.3 Å². The van der Waals surface area contributed by atoms with Gasteiger partial charge in [0, 0.05) is 23.7 Å². The Kier molecular flexibility index (Phi) is 3.56. The molecule has 0 saturated heterocycles. The minimum Gasteiger partial charge on any atom is -0.481 e. The second-order valence-electron chi connectivity index (χ2n) is 7.78. The van der Waals surface area contributed by atoms with Gasteiger partial charge in [-0.25, -0.2) is 4.98 Å².